The third kappa shape index (κ3) is 6.11. The van der Waals surface area contributed by atoms with E-state index < -0.39 is 12.6 Å². The fraction of sp³-hybridized carbons (Fsp3) is 0.0870. The molecule has 0 spiro atoms. The number of hydrogen-bond acceptors (Lipinski definition) is 3. The Morgan fingerprint density at radius 1 is 1.03 bits per heavy atom. The second-order valence-corrected chi connectivity index (χ2v) is 7.58. The number of benzene rings is 3. The summed E-state index contributed by atoms with van der Waals surface area (Å²) in [5, 5.41) is 9.06. The summed E-state index contributed by atoms with van der Waals surface area (Å²) in [4.78, 5) is 11.5. The fourth-order valence-corrected chi connectivity index (χ4v) is 3.81. The van der Waals surface area contributed by atoms with E-state index in [9.17, 15) is 9.18 Å². The minimum atomic E-state index is -1.06. The molecule has 3 aromatic rings. The normalized spacial score (nSPS) is 11.3. The van der Waals surface area contributed by atoms with Crippen LogP contribution in [0.3, 0.4) is 0 Å². The first-order valence-electron chi connectivity index (χ1n) is 8.81. The van der Waals surface area contributed by atoms with Crippen LogP contribution in [-0.2, 0) is 4.79 Å². The van der Waals surface area contributed by atoms with E-state index in [1.54, 1.807) is 36.0 Å². The van der Waals surface area contributed by atoms with Crippen LogP contribution in [0.15, 0.2) is 83.8 Å². The minimum Gasteiger partial charge on any atom is -0.480 e. The van der Waals surface area contributed by atoms with Crippen molar-refractivity contribution in [2.24, 2.45) is 0 Å². The Labute approximate surface area is 177 Å². The Bertz CT molecular complexity index is 1000. The lowest BCUT2D eigenvalue weighted by Crippen LogP contribution is -2.09. The van der Waals surface area contributed by atoms with Crippen molar-refractivity contribution in [1.82, 2.24) is 0 Å². The third-order valence-corrected chi connectivity index (χ3v) is 5.25. The Kier molecular flexibility index (Phi) is 7.33. The molecule has 3 nitrogen and oxygen atoms in total. The Morgan fingerprint density at radius 3 is 2.38 bits per heavy atom. The molecule has 0 amide bonds. The molecule has 0 saturated carbocycles. The molecule has 148 valence electrons. The molecule has 0 aliphatic carbocycles. The summed E-state index contributed by atoms with van der Waals surface area (Å²) in [5.74, 6) is -0.313. The standard InChI is InChI=1S/C23H18ClFO3S/c24-21-14-19(10-11-22(21)28-15-23(26)27)29-13-12-20(16-4-2-1-3-5-16)17-6-8-18(25)9-7-17/h1-12,14H,13,15H2,(H,26,27)/b20-12-. The molecule has 0 fully saturated rings. The molecule has 0 bridgehead atoms. The zero-order valence-corrected chi connectivity index (χ0v) is 16.9. The number of carboxylic acids is 1. The van der Waals surface area contributed by atoms with E-state index in [0.717, 1.165) is 21.6 Å². The second kappa shape index (κ2) is 10.1. The first-order valence-corrected chi connectivity index (χ1v) is 10.2. The Hall–Kier alpha value is -2.76. The van der Waals surface area contributed by atoms with Crippen LogP contribution in [0.2, 0.25) is 5.02 Å². The summed E-state index contributed by atoms with van der Waals surface area (Å²) in [6.45, 7) is -0.437. The minimum absolute atomic E-state index is 0.268. The second-order valence-electron chi connectivity index (χ2n) is 6.08. The number of halogens is 2. The highest BCUT2D eigenvalue weighted by Crippen LogP contribution is 2.31. The fourth-order valence-electron chi connectivity index (χ4n) is 2.70. The van der Waals surface area contributed by atoms with E-state index in [1.165, 1.54) is 12.1 Å². The molecular formula is C23H18ClFO3S. The first kappa shape index (κ1) is 21.0. The molecule has 3 aromatic carbocycles. The molecular weight excluding hydrogens is 411 g/mol. The molecule has 0 radical (unpaired) electrons. The van der Waals surface area contributed by atoms with Crippen molar-refractivity contribution in [3.8, 4) is 5.75 Å². The van der Waals surface area contributed by atoms with Gasteiger partial charge in [-0.25, -0.2) is 9.18 Å². The van der Waals surface area contributed by atoms with Crippen LogP contribution in [-0.4, -0.2) is 23.4 Å². The summed E-state index contributed by atoms with van der Waals surface area (Å²) in [6, 6.07) is 21.6. The molecule has 0 saturated heterocycles. The van der Waals surface area contributed by atoms with Gasteiger partial charge in [-0.3, -0.25) is 0 Å². The van der Waals surface area contributed by atoms with Crippen LogP contribution >= 0.6 is 23.4 Å². The molecule has 1 N–H and O–H groups in total. The van der Waals surface area contributed by atoms with E-state index in [1.807, 2.05) is 36.4 Å². The third-order valence-electron chi connectivity index (χ3n) is 4.03. The highest BCUT2D eigenvalue weighted by molar-refractivity contribution is 7.99. The number of ether oxygens (including phenoxy) is 1. The van der Waals surface area contributed by atoms with Crippen LogP contribution in [0.1, 0.15) is 11.1 Å². The van der Waals surface area contributed by atoms with Crippen molar-refractivity contribution in [3.05, 3.63) is 101 Å². The maximum atomic E-state index is 13.3. The number of thioether (sulfide) groups is 1. The van der Waals surface area contributed by atoms with Gasteiger partial charge in [-0.05, 0) is 47.0 Å². The molecule has 29 heavy (non-hydrogen) atoms. The van der Waals surface area contributed by atoms with Crippen molar-refractivity contribution >= 4 is 34.9 Å². The van der Waals surface area contributed by atoms with E-state index in [2.05, 4.69) is 6.08 Å². The number of carbonyl (C=O) groups is 1. The van der Waals surface area contributed by atoms with Gasteiger partial charge in [-0.1, -0.05) is 60.1 Å². The molecule has 0 heterocycles. The molecule has 0 unspecified atom stereocenters. The summed E-state index contributed by atoms with van der Waals surface area (Å²) in [6.07, 6.45) is 2.09. The summed E-state index contributed by atoms with van der Waals surface area (Å²) in [7, 11) is 0. The van der Waals surface area contributed by atoms with Crippen LogP contribution < -0.4 is 4.74 Å². The van der Waals surface area contributed by atoms with E-state index in [0.29, 0.717) is 16.5 Å². The molecule has 0 aliphatic rings. The van der Waals surface area contributed by atoms with Gasteiger partial charge in [0, 0.05) is 10.6 Å². The van der Waals surface area contributed by atoms with Crippen molar-refractivity contribution in [3.63, 3.8) is 0 Å². The SMILES string of the molecule is O=C(O)COc1ccc(SC/C=C(/c2ccccc2)c2ccc(F)cc2)cc1Cl. The van der Waals surface area contributed by atoms with Gasteiger partial charge in [0.25, 0.3) is 0 Å². The highest BCUT2D eigenvalue weighted by Gasteiger charge is 2.08. The highest BCUT2D eigenvalue weighted by atomic mass is 35.5. The monoisotopic (exact) mass is 428 g/mol. The van der Waals surface area contributed by atoms with Gasteiger partial charge >= 0.3 is 5.97 Å². The van der Waals surface area contributed by atoms with Crippen molar-refractivity contribution in [2.75, 3.05) is 12.4 Å². The van der Waals surface area contributed by atoms with E-state index >= 15 is 0 Å². The van der Waals surface area contributed by atoms with Gasteiger partial charge in [0.15, 0.2) is 6.61 Å². The van der Waals surface area contributed by atoms with Crippen molar-refractivity contribution < 1.29 is 19.0 Å². The lowest BCUT2D eigenvalue weighted by atomic mass is 9.98. The van der Waals surface area contributed by atoms with E-state index in [-0.39, 0.29) is 5.82 Å². The lowest BCUT2D eigenvalue weighted by Gasteiger charge is -2.10. The first-order chi connectivity index (χ1) is 14.0. The molecule has 0 aromatic heterocycles. The predicted molar refractivity (Wildman–Crippen MR) is 115 cm³/mol. The largest absolute Gasteiger partial charge is 0.480 e. The van der Waals surface area contributed by atoms with Gasteiger partial charge in [-0.15, -0.1) is 11.8 Å². The Balaban J connectivity index is 1.75. The number of hydrogen-bond donors (Lipinski definition) is 1. The van der Waals surface area contributed by atoms with Crippen molar-refractivity contribution in [2.45, 2.75) is 4.90 Å². The number of rotatable bonds is 8. The molecule has 6 heteroatoms. The van der Waals surface area contributed by atoms with Crippen LogP contribution in [0.4, 0.5) is 4.39 Å². The summed E-state index contributed by atoms with van der Waals surface area (Å²) < 4.78 is 18.5. The zero-order valence-electron chi connectivity index (χ0n) is 15.3. The Morgan fingerprint density at radius 2 is 1.72 bits per heavy atom. The molecule has 0 aliphatic heterocycles. The summed E-state index contributed by atoms with van der Waals surface area (Å²) in [5.41, 5.74) is 3.01. The number of carboxylic acid groups (broad SMARTS) is 1. The molecule has 3 rings (SSSR count). The smallest absolute Gasteiger partial charge is 0.341 e. The van der Waals surface area contributed by atoms with Crippen LogP contribution in [0, 0.1) is 5.82 Å². The molecule has 0 atom stereocenters. The van der Waals surface area contributed by atoms with Gasteiger partial charge in [0.1, 0.15) is 11.6 Å². The average Bonchev–Trinajstić information content (AvgIpc) is 2.72. The predicted octanol–water partition coefficient (Wildman–Crippen LogP) is 6.17. The van der Waals surface area contributed by atoms with Gasteiger partial charge in [0.05, 0.1) is 5.02 Å². The van der Waals surface area contributed by atoms with E-state index in [4.69, 9.17) is 21.4 Å². The topological polar surface area (TPSA) is 46.5 Å². The maximum absolute atomic E-state index is 13.3. The lowest BCUT2D eigenvalue weighted by molar-refractivity contribution is -0.139. The van der Waals surface area contributed by atoms with Gasteiger partial charge < -0.3 is 9.84 Å². The zero-order chi connectivity index (χ0) is 20.6. The van der Waals surface area contributed by atoms with Gasteiger partial charge in [0.2, 0.25) is 0 Å². The van der Waals surface area contributed by atoms with Crippen LogP contribution in [0.5, 0.6) is 5.75 Å². The van der Waals surface area contributed by atoms with Crippen LogP contribution in [0.25, 0.3) is 5.57 Å². The number of aliphatic carboxylic acids is 1. The maximum Gasteiger partial charge on any atom is 0.341 e. The summed E-state index contributed by atoms with van der Waals surface area (Å²) >= 11 is 7.76. The van der Waals surface area contributed by atoms with Gasteiger partial charge in [-0.2, -0.15) is 0 Å². The van der Waals surface area contributed by atoms with Crippen molar-refractivity contribution in [1.29, 1.82) is 0 Å². The quantitative estimate of drug-likeness (QED) is 0.436. The average molecular weight is 429 g/mol.